The number of hydrogen-bond acceptors (Lipinski definition) is 0. The van der Waals surface area contributed by atoms with Crippen molar-refractivity contribution in [2.24, 2.45) is 47.3 Å². The molecule has 0 heterocycles. The average Bonchev–Trinajstić information content (AvgIpc) is 2.60. The molecule has 0 N–H and O–H groups in total. The summed E-state index contributed by atoms with van der Waals surface area (Å²) in [7, 11) is 0. The summed E-state index contributed by atoms with van der Waals surface area (Å²) in [5.74, 6) is 9.30. The normalized spacial score (nSPS) is 54.5. The molecule has 8 unspecified atom stereocenters. The van der Waals surface area contributed by atoms with E-state index in [2.05, 4.69) is 0 Å². The van der Waals surface area contributed by atoms with Crippen LogP contribution >= 0.6 is 0 Å². The highest BCUT2D eigenvalue weighted by atomic mass is 14.6. The largest absolute Gasteiger partial charge is 0.0530 e. The Balaban J connectivity index is 1.36. The fraction of sp³-hybridized carbons (Fsp3) is 1.00. The molecular weight excluding hydrogens is 264 g/mol. The molecular formula is C22H36. The van der Waals surface area contributed by atoms with Gasteiger partial charge in [0.25, 0.3) is 0 Å². The van der Waals surface area contributed by atoms with Crippen LogP contribution in [0.2, 0.25) is 0 Å². The van der Waals surface area contributed by atoms with Gasteiger partial charge in [-0.15, -0.1) is 0 Å². The predicted octanol–water partition coefficient (Wildman–Crippen LogP) is 6.45. The number of hydrogen-bond donors (Lipinski definition) is 0. The van der Waals surface area contributed by atoms with Gasteiger partial charge in [-0.05, 0) is 98.7 Å². The van der Waals surface area contributed by atoms with Crippen molar-refractivity contribution >= 4 is 0 Å². The van der Waals surface area contributed by atoms with Crippen LogP contribution < -0.4 is 0 Å². The second-order valence-electron chi connectivity index (χ2n) is 9.80. The molecule has 0 heteroatoms. The standard InChI is InChI=1S/C22H36/c1-3-7-17-15(5-1)9-11-21-19(17)13-14-20-18-8-4-2-6-16(18)10-12-22(20)21/h15-22H,1-14H2. The lowest BCUT2D eigenvalue weighted by Gasteiger charge is -2.57. The summed E-state index contributed by atoms with van der Waals surface area (Å²) in [6, 6.07) is 0. The molecule has 5 aliphatic carbocycles. The van der Waals surface area contributed by atoms with Gasteiger partial charge in [-0.25, -0.2) is 0 Å². The molecule has 0 aliphatic heterocycles. The minimum atomic E-state index is 1.15. The zero-order valence-corrected chi connectivity index (χ0v) is 14.5. The quantitative estimate of drug-likeness (QED) is 0.482. The Hall–Kier alpha value is 0. The Morgan fingerprint density at radius 3 is 1.14 bits per heavy atom. The van der Waals surface area contributed by atoms with Crippen LogP contribution in [0.15, 0.2) is 0 Å². The van der Waals surface area contributed by atoms with Gasteiger partial charge in [0.1, 0.15) is 0 Å². The van der Waals surface area contributed by atoms with Crippen molar-refractivity contribution < 1.29 is 0 Å². The highest BCUT2D eigenvalue weighted by Gasteiger charge is 2.51. The van der Waals surface area contributed by atoms with Gasteiger partial charge < -0.3 is 0 Å². The summed E-state index contributed by atoms with van der Waals surface area (Å²) >= 11 is 0. The zero-order chi connectivity index (χ0) is 14.5. The van der Waals surface area contributed by atoms with E-state index in [0.29, 0.717) is 0 Å². The number of rotatable bonds is 0. The van der Waals surface area contributed by atoms with Gasteiger partial charge in [0, 0.05) is 0 Å². The first-order chi connectivity index (χ1) is 10.9. The van der Waals surface area contributed by atoms with Gasteiger partial charge in [0.15, 0.2) is 0 Å². The first-order valence-corrected chi connectivity index (χ1v) is 10.9. The third-order valence-electron chi connectivity index (χ3n) is 9.26. The molecule has 22 heavy (non-hydrogen) atoms. The second-order valence-corrected chi connectivity index (χ2v) is 9.80. The molecule has 0 spiro atoms. The van der Waals surface area contributed by atoms with E-state index in [4.69, 9.17) is 0 Å². The average molecular weight is 301 g/mol. The molecule has 5 saturated carbocycles. The van der Waals surface area contributed by atoms with Crippen LogP contribution in [0.25, 0.3) is 0 Å². The van der Waals surface area contributed by atoms with E-state index in [1.165, 1.54) is 23.7 Å². The van der Waals surface area contributed by atoms with E-state index in [-0.39, 0.29) is 0 Å². The summed E-state index contributed by atoms with van der Waals surface area (Å²) in [4.78, 5) is 0. The molecule has 0 nitrogen and oxygen atoms in total. The maximum Gasteiger partial charge on any atom is -0.0352 e. The van der Waals surface area contributed by atoms with E-state index in [9.17, 15) is 0 Å². The van der Waals surface area contributed by atoms with E-state index in [1.54, 1.807) is 89.9 Å². The smallest absolute Gasteiger partial charge is 0.0352 e. The molecule has 0 bridgehead atoms. The van der Waals surface area contributed by atoms with Crippen molar-refractivity contribution in [3.63, 3.8) is 0 Å². The Labute approximate surface area is 137 Å². The van der Waals surface area contributed by atoms with Crippen molar-refractivity contribution in [1.29, 1.82) is 0 Å². The van der Waals surface area contributed by atoms with Crippen LogP contribution in [0.3, 0.4) is 0 Å². The first-order valence-electron chi connectivity index (χ1n) is 10.9. The molecule has 0 amide bonds. The lowest BCUT2D eigenvalue weighted by atomic mass is 9.48. The predicted molar refractivity (Wildman–Crippen MR) is 92.6 cm³/mol. The topological polar surface area (TPSA) is 0 Å². The summed E-state index contributed by atoms with van der Waals surface area (Å²) < 4.78 is 0. The minimum Gasteiger partial charge on any atom is -0.0530 e. The number of fused-ring (bicyclic) bond motifs is 7. The second kappa shape index (κ2) is 5.82. The van der Waals surface area contributed by atoms with Crippen molar-refractivity contribution in [2.45, 2.75) is 89.9 Å². The molecule has 8 atom stereocenters. The molecule has 0 saturated heterocycles. The Kier molecular flexibility index (Phi) is 3.79. The maximum absolute atomic E-state index is 1.64. The van der Waals surface area contributed by atoms with Crippen molar-refractivity contribution in [3.05, 3.63) is 0 Å². The fourth-order valence-electron chi connectivity index (χ4n) is 8.50. The Bertz CT molecular complexity index is 361. The molecule has 5 rings (SSSR count). The zero-order valence-electron chi connectivity index (χ0n) is 14.5. The van der Waals surface area contributed by atoms with E-state index >= 15 is 0 Å². The van der Waals surface area contributed by atoms with Gasteiger partial charge in [-0.2, -0.15) is 0 Å². The molecule has 0 aromatic rings. The Morgan fingerprint density at radius 1 is 0.273 bits per heavy atom. The van der Waals surface area contributed by atoms with E-state index < -0.39 is 0 Å². The highest BCUT2D eigenvalue weighted by molar-refractivity contribution is 5.01. The SMILES string of the molecule is C1CCC2C(C1)CCC1C2CCC2C3CCCCC3CCC21. The fourth-order valence-corrected chi connectivity index (χ4v) is 8.50. The molecule has 0 radical (unpaired) electrons. The third-order valence-corrected chi connectivity index (χ3v) is 9.26. The van der Waals surface area contributed by atoms with Crippen LogP contribution in [0.1, 0.15) is 89.9 Å². The van der Waals surface area contributed by atoms with Crippen molar-refractivity contribution in [3.8, 4) is 0 Å². The lowest BCUT2D eigenvalue weighted by molar-refractivity contribution is -0.0786. The van der Waals surface area contributed by atoms with Crippen LogP contribution in [-0.4, -0.2) is 0 Å². The van der Waals surface area contributed by atoms with Crippen LogP contribution in [0.4, 0.5) is 0 Å². The van der Waals surface area contributed by atoms with Crippen LogP contribution in [0, 0.1) is 47.3 Å². The van der Waals surface area contributed by atoms with Crippen LogP contribution in [0.5, 0.6) is 0 Å². The van der Waals surface area contributed by atoms with Gasteiger partial charge >= 0.3 is 0 Å². The molecule has 5 fully saturated rings. The van der Waals surface area contributed by atoms with Gasteiger partial charge in [-0.3, -0.25) is 0 Å². The van der Waals surface area contributed by atoms with E-state index in [1.807, 2.05) is 0 Å². The minimum absolute atomic E-state index is 1.15. The third kappa shape index (κ3) is 2.22. The van der Waals surface area contributed by atoms with Crippen LogP contribution in [-0.2, 0) is 0 Å². The lowest BCUT2D eigenvalue weighted by Crippen LogP contribution is -2.49. The molecule has 124 valence electrons. The van der Waals surface area contributed by atoms with Gasteiger partial charge in [0.2, 0.25) is 0 Å². The summed E-state index contributed by atoms with van der Waals surface area (Å²) in [5.41, 5.74) is 0. The summed E-state index contributed by atoms with van der Waals surface area (Å²) in [6.07, 6.45) is 22.4. The molecule has 0 aromatic heterocycles. The van der Waals surface area contributed by atoms with Gasteiger partial charge in [0.05, 0.1) is 0 Å². The molecule has 5 aliphatic rings. The summed E-state index contributed by atoms with van der Waals surface area (Å²) in [6.45, 7) is 0. The summed E-state index contributed by atoms with van der Waals surface area (Å²) in [5, 5.41) is 0. The maximum atomic E-state index is 1.64. The van der Waals surface area contributed by atoms with E-state index in [0.717, 1.165) is 23.7 Å². The van der Waals surface area contributed by atoms with Gasteiger partial charge in [-0.1, -0.05) is 38.5 Å². The first kappa shape index (κ1) is 14.4. The van der Waals surface area contributed by atoms with Crippen molar-refractivity contribution in [2.75, 3.05) is 0 Å². The Morgan fingerprint density at radius 2 is 0.636 bits per heavy atom. The molecule has 0 aromatic carbocycles. The van der Waals surface area contributed by atoms with Crippen molar-refractivity contribution in [1.82, 2.24) is 0 Å². The monoisotopic (exact) mass is 300 g/mol. The highest BCUT2D eigenvalue weighted by Crippen LogP contribution is 2.60.